The summed E-state index contributed by atoms with van der Waals surface area (Å²) >= 11 is 1.99. The van der Waals surface area contributed by atoms with Crippen LogP contribution in [0.5, 0.6) is 5.75 Å². The Morgan fingerprint density at radius 3 is 2.33 bits per heavy atom. The number of benzene rings is 1. The molecule has 2 heteroatoms. The van der Waals surface area contributed by atoms with Gasteiger partial charge in [-0.15, -0.1) is 11.8 Å². The highest BCUT2D eigenvalue weighted by atomic mass is 32.2. The van der Waals surface area contributed by atoms with E-state index in [4.69, 9.17) is 0 Å². The molecule has 0 unspecified atom stereocenters. The van der Waals surface area contributed by atoms with Crippen molar-refractivity contribution in [1.82, 2.24) is 0 Å². The molecule has 1 aromatic rings. The van der Waals surface area contributed by atoms with Crippen LogP contribution in [0.4, 0.5) is 0 Å². The highest BCUT2D eigenvalue weighted by Crippen LogP contribution is 2.59. The molecule has 1 aromatic carbocycles. The van der Waals surface area contributed by atoms with Crippen molar-refractivity contribution in [1.29, 1.82) is 0 Å². The fourth-order valence-electron chi connectivity index (χ4n) is 5.19. The van der Waals surface area contributed by atoms with Gasteiger partial charge in [0.05, 0.1) is 0 Å². The molecule has 5 rings (SSSR count). The number of rotatable bonds is 3. The third-order valence-electron chi connectivity index (χ3n) is 5.68. The van der Waals surface area contributed by atoms with E-state index in [1.165, 1.54) is 42.6 Å². The molecule has 4 bridgehead atoms. The van der Waals surface area contributed by atoms with E-state index in [2.05, 4.69) is 13.0 Å². The van der Waals surface area contributed by atoms with Crippen molar-refractivity contribution in [3.8, 4) is 5.75 Å². The van der Waals surface area contributed by atoms with Crippen LogP contribution >= 0.6 is 11.8 Å². The molecule has 0 saturated heterocycles. The second kappa shape index (κ2) is 5.39. The summed E-state index contributed by atoms with van der Waals surface area (Å²) in [5.74, 6) is 5.18. The third kappa shape index (κ3) is 2.42. The Morgan fingerprint density at radius 1 is 1.10 bits per heavy atom. The molecule has 4 aliphatic carbocycles. The van der Waals surface area contributed by atoms with Gasteiger partial charge < -0.3 is 5.11 Å². The summed E-state index contributed by atoms with van der Waals surface area (Å²) in [6.45, 7) is 2.24. The lowest BCUT2D eigenvalue weighted by molar-refractivity contribution is 0.0708. The molecule has 4 saturated carbocycles. The molecule has 0 radical (unpaired) electrons. The fourth-order valence-corrected chi connectivity index (χ4v) is 6.27. The van der Waals surface area contributed by atoms with Crippen molar-refractivity contribution in [3.63, 3.8) is 0 Å². The zero-order valence-electron chi connectivity index (χ0n) is 12.7. The van der Waals surface area contributed by atoms with E-state index < -0.39 is 0 Å². The predicted molar refractivity (Wildman–Crippen MR) is 90.2 cm³/mol. The minimum atomic E-state index is 0.395. The van der Waals surface area contributed by atoms with Crippen LogP contribution in [0, 0.1) is 23.7 Å². The molecule has 0 spiro atoms. The van der Waals surface area contributed by atoms with Gasteiger partial charge in [-0.3, -0.25) is 0 Å². The number of phenolic OH excluding ortho intramolecular Hbond substituents is 1. The summed E-state index contributed by atoms with van der Waals surface area (Å²) in [6, 6.07) is 7.89. The number of thioether (sulfide) groups is 1. The molecule has 0 atom stereocenters. The molecule has 4 aliphatic rings. The topological polar surface area (TPSA) is 20.2 Å². The van der Waals surface area contributed by atoms with Crippen LogP contribution in [-0.2, 0) is 0 Å². The van der Waals surface area contributed by atoms with E-state index in [0.29, 0.717) is 5.75 Å². The summed E-state index contributed by atoms with van der Waals surface area (Å²) in [7, 11) is 0. The maximum atomic E-state index is 9.85. The first-order valence-corrected chi connectivity index (χ1v) is 9.39. The number of allylic oxidation sites excluding steroid dienone is 1. The normalized spacial score (nSPS) is 33.5. The Bertz CT molecular complexity index is 545. The van der Waals surface area contributed by atoms with Crippen molar-refractivity contribution in [3.05, 3.63) is 35.4 Å². The van der Waals surface area contributed by atoms with Crippen LogP contribution in [-0.4, -0.2) is 10.9 Å². The van der Waals surface area contributed by atoms with Gasteiger partial charge in [-0.05, 0) is 84.8 Å². The largest absolute Gasteiger partial charge is 0.508 e. The second-order valence-corrected chi connectivity index (χ2v) is 8.35. The Balaban J connectivity index is 1.78. The van der Waals surface area contributed by atoms with E-state index in [1.54, 1.807) is 11.6 Å². The Kier molecular flexibility index (Phi) is 3.53. The lowest BCUT2D eigenvalue weighted by atomic mass is 9.54. The molecule has 0 aliphatic heterocycles. The van der Waals surface area contributed by atoms with Gasteiger partial charge >= 0.3 is 0 Å². The van der Waals surface area contributed by atoms with Crippen molar-refractivity contribution in [2.45, 2.75) is 39.0 Å². The van der Waals surface area contributed by atoms with E-state index in [9.17, 15) is 5.11 Å². The average Bonchev–Trinajstić information content (AvgIpc) is 2.45. The molecular formula is C19H24OS. The molecular weight excluding hydrogens is 276 g/mol. The zero-order valence-corrected chi connectivity index (χ0v) is 13.5. The van der Waals surface area contributed by atoms with Gasteiger partial charge in [-0.25, -0.2) is 0 Å². The smallest absolute Gasteiger partial charge is 0.116 e. The molecule has 1 nitrogen and oxygen atoms in total. The summed E-state index contributed by atoms with van der Waals surface area (Å²) in [6.07, 6.45) is 7.20. The van der Waals surface area contributed by atoms with Crippen molar-refractivity contribution in [2.75, 3.05) is 5.75 Å². The molecule has 0 heterocycles. The SMILES string of the molecule is CCSC(=C1C2CC3CC(C2)CC1C3)c1cccc(O)c1. The van der Waals surface area contributed by atoms with Crippen LogP contribution in [0.2, 0.25) is 0 Å². The minimum Gasteiger partial charge on any atom is -0.508 e. The van der Waals surface area contributed by atoms with Crippen molar-refractivity contribution >= 4 is 16.7 Å². The number of aromatic hydroxyl groups is 1. The Hall–Kier alpha value is -0.890. The van der Waals surface area contributed by atoms with Crippen LogP contribution in [0.3, 0.4) is 0 Å². The number of hydrogen-bond donors (Lipinski definition) is 1. The monoisotopic (exact) mass is 300 g/mol. The summed E-state index contributed by atoms with van der Waals surface area (Å²) < 4.78 is 0. The molecule has 4 fully saturated rings. The number of hydrogen-bond acceptors (Lipinski definition) is 2. The summed E-state index contributed by atoms with van der Waals surface area (Å²) in [4.78, 5) is 1.49. The van der Waals surface area contributed by atoms with Gasteiger partial charge in [0.15, 0.2) is 0 Å². The fraction of sp³-hybridized carbons (Fsp3) is 0.579. The van der Waals surface area contributed by atoms with Crippen molar-refractivity contribution in [2.24, 2.45) is 23.7 Å². The predicted octanol–water partition coefficient (Wildman–Crippen LogP) is 5.31. The number of phenols is 1. The quantitative estimate of drug-likeness (QED) is 0.816. The van der Waals surface area contributed by atoms with Gasteiger partial charge in [0.1, 0.15) is 5.75 Å². The van der Waals surface area contributed by atoms with Gasteiger partial charge in [-0.1, -0.05) is 19.1 Å². The molecule has 0 aromatic heterocycles. The average molecular weight is 300 g/mol. The van der Waals surface area contributed by atoms with Crippen LogP contribution in [0.1, 0.15) is 44.6 Å². The molecule has 112 valence electrons. The van der Waals surface area contributed by atoms with E-state index >= 15 is 0 Å². The maximum Gasteiger partial charge on any atom is 0.116 e. The van der Waals surface area contributed by atoms with E-state index in [-0.39, 0.29) is 0 Å². The highest BCUT2D eigenvalue weighted by Gasteiger charge is 2.46. The lowest BCUT2D eigenvalue weighted by Crippen LogP contribution is -2.40. The standard InChI is InChI=1S/C19H24OS/c1-2-21-19(14-4-3-5-17(20)11-14)18-15-7-12-6-13(9-15)10-16(18)8-12/h3-5,11-13,15-16,20H,2,6-10H2,1H3. The first kappa shape index (κ1) is 13.8. The Labute approximate surface area is 131 Å². The first-order valence-electron chi connectivity index (χ1n) is 8.40. The highest BCUT2D eigenvalue weighted by molar-refractivity contribution is 8.08. The summed E-state index contributed by atoms with van der Waals surface area (Å²) in [5, 5.41) is 9.85. The molecule has 21 heavy (non-hydrogen) atoms. The second-order valence-electron chi connectivity index (χ2n) is 7.07. The molecule has 1 N–H and O–H groups in total. The van der Waals surface area contributed by atoms with Crippen molar-refractivity contribution < 1.29 is 5.11 Å². The van der Waals surface area contributed by atoms with Crippen LogP contribution in [0.15, 0.2) is 29.8 Å². The van der Waals surface area contributed by atoms with E-state index in [1.807, 2.05) is 23.9 Å². The third-order valence-corrected chi connectivity index (χ3v) is 6.73. The van der Waals surface area contributed by atoms with Gasteiger partial charge in [0, 0.05) is 4.91 Å². The van der Waals surface area contributed by atoms with E-state index in [0.717, 1.165) is 29.4 Å². The minimum absolute atomic E-state index is 0.395. The Morgan fingerprint density at radius 2 is 1.76 bits per heavy atom. The van der Waals surface area contributed by atoms with Crippen LogP contribution < -0.4 is 0 Å². The van der Waals surface area contributed by atoms with Crippen LogP contribution in [0.25, 0.3) is 4.91 Å². The zero-order chi connectivity index (χ0) is 14.4. The summed E-state index contributed by atoms with van der Waals surface area (Å²) in [5.41, 5.74) is 2.99. The van der Waals surface area contributed by atoms with Gasteiger partial charge in [0.25, 0.3) is 0 Å². The van der Waals surface area contributed by atoms with Gasteiger partial charge in [-0.2, -0.15) is 0 Å². The maximum absolute atomic E-state index is 9.85. The van der Waals surface area contributed by atoms with Gasteiger partial charge in [0.2, 0.25) is 0 Å². The first-order chi connectivity index (χ1) is 10.2. The lowest BCUT2D eigenvalue weighted by Gasteiger charge is -2.52. The molecule has 0 amide bonds.